The molecule has 3 rings (SSSR count). The second-order valence-corrected chi connectivity index (χ2v) is 8.00. The highest BCUT2D eigenvalue weighted by Gasteiger charge is 2.29. The number of nitrogens with zero attached hydrogens (tertiary/aromatic N) is 3. The number of nitrogens with one attached hydrogen (secondary N) is 1. The Morgan fingerprint density at radius 1 is 1.26 bits per heavy atom. The smallest absolute Gasteiger partial charge is 0.422 e. The summed E-state index contributed by atoms with van der Waals surface area (Å²) in [6.07, 6.45) is -2.14. The van der Waals surface area contributed by atoms with Gasteiger partial charge in [0.1, 0.15) is 5.75 Å². The van der Waals surface area contributed by atoms with Gasteiger partial charge in [-0.3, -0.25) is 0 Å². The van der Waals surface area contributed by atoms with Crippen molar-refractivity contribution in [3.8, 4) is 5.75 Å². The van der Waals surface area contributed by atoms with Crippen LogP contribution in [0.15, 0.2) is 41.4 Å². The molecule has 144 valence electrons. The van der Waals surface area contributed by atoms with Crippen LogP contribution in [-0.4, -0.2) is 42.1 Å². The Hall–Kier alpha value is -2.53. The molecule has 12 heteroatoms. The summed E-state index contributed by atoms with van der Waals surface area (Å²) in [5.74, 6) is -0.228. The zero-order valence-corrected chi connectivity index (χ0v) is 15.2. The predicted octanol–water partition coefficient (Wildman–Crippen LogP) is 3.47. The van der Waals surface area contributed by atoms with Crippen molar-refractivity contribution < 1.29 is 26.3 Å². The monoisotopic (exact) mass is 420 g/mol. The molecule has 0 fully saturated rings. The van der Waals surface area contributed by atoms with Crippen LogP contribution in [0.25, 0.3) is 5.65 Å². The van der Waals surface area contributed by atoms with Gasteiger partial charge in [0.2, 0.25) is 5.95 Å². The van der Waals surface area contributed by atoms with Crippen LogP contribution in [0.4, 0.5) is 24.8 Å². The van der Waals surface area contributed by atoms with E-state index in [0.717, 1.165) is 12.3 Å². The van der Waals surface area contributed by atoms with Crippen molar-refractivity contribution in [3.05, 3.63) is 41.6 Å². The van der Waals surface area contributed by atoms with E-state index in [0.29, 0.717) is 10.7 Å². The van der Waals surface area contributed by atoms with E-state index < -0.39 is 22.6 Å². The summed E-state index contributed by atoms with van der Waals surface area (Å²) in [7, 11) is -3.63. The third-order valence-electron chi connectivity index (χ3n) is 3.31. The second-order valence-electron chi connectivity index (χ2n) is 5.54. The molecule has 0 amide bonds. The van der Waals surface area contributed by atoms with Crippen LogP contribution in [0.2, 0.25) is 5.02 Å². The van der Waals surface area contributed by atoms with E-state index in [4.69, 9.17) is 16.3 Å². The molecule has 27 heavy (non-hydrogen) atoms. The molecule has 1 aromatic carbocycles. The molecule has 0 atom stereocenters. The topological polar surface area (TPSA) is 85.6 Å². The summed E-state index contributed by atoms with van der Waals surface area (Å²) in [5, 5.41) is 7.25. The molecule has 0 spiro atoms. The van der Waals surface area contributed by atoms with E-state index in [1.807, 2.05) is 0 Å². The van der Waals surface area contributed by atoms with Gasteiger partial charge in [-0.25, -0.2) is 12.9 Å². The minimum absolute atomic E-state index is 0.0706. The average Bonchev–Trinajstić information content (AvgIpc) is 2.93. The molecule has 0 bridgehead atoms. The third kappa shape index (κ3) is 4.80. The lowest BCUT2D eigenvalue weighted by molar-refractivity contribution is -0.153. The lowest BCUT2D eigenvalue weighted by atomic mass is 10.3. The van der Waals surface area contributed by atoms with Gasteiger partial charge in [0.05, 0.1) is 15.6 Å². The van der Waals surface area contributed by atoms with Gasteiger partial charge in [-0.05, 0) is 24.3 Å². The molecule has 1 N–H and O–H groups in total. The fraction of sp³-hybridized carbons (Fsp3) is 0.200. The number of hydrogen-bond acceptors (Lipinski definition) is 6. The number of aromatic nitrogens is 3. The van der Waals surface area contributed by atoms with Crippen molar-refractivity contribution in [2.45, 2.75) is 11.1 Å². The SMILES string of the molecule is CS(=O)(=O)c1ccc(Nc2nc3ccc(Cl)cn3n2)c(OCC(F)(F)F)c1. The summed E-state index contributed by atoms with van der Waals surface area (Å²) in [5.41, 5.74) is 0.529. The molecule has 0 saturated heterocycles. The summed E-state index contributed by atoms with van der Waals surface area (Å²) >= 11 is 5.86. The molecular weight excluding hydrogens is 409 g/mol. The number of ether oxygens (including phenoxy) is 1. The molecule has 0 saturated carbocycles. The van der Waals surface area contributed by atoms with Crippen LogP contribution in [0, 0.1) is 0 Å². The van der Waals surface area contributed by atoms with E-state index >= 15 is 0 Å². The summed E-state index contributed by atoms with van der Waals surface area (Å²) < 4.78 is 67.0. The van der Waals surface area contributed by atoms with Gasteiger partial charge in [0.15, 0.2) is 22.1 Å². The van der Waals surface area contributed by atoms with Gasteiger partial charge in [-0.1, -0.05) is 11.6 Å². The minimum Gasteiger partial charge on any atom is -0.482 e. The van der Waals surface area contributed by atoms with Crippen molar-refractivity contribution in [2.75, 3.05) is 18.2 Å². The molecule has 0 unspecified atom stereocenters. The molecular formula is C15H12ClF3N4O3S. The quantitative estimate of drug-likeness (QED) is 0.680. The van der Waals surface area contributed by atoms with Crippen molar-refractivity contribution in [1.82, 2.24) is 14.6 Å². The van der Waals surface area contributed by atoms with Crippen molar-refractivity contribution >= 4 is 38.7 Å². The van der Waals surface area contributed by atoms with Crippen LogP contribution < -0.4 is 10.1 Å². The molecule has 0 aliphatic rings. The van der Waals surface area contributed by atoms with E-state index in [9.17, 15) is 21.6 Å². The zero-order chi connectivity index (χ0) is 19.8. The zero-order valence-electron chi connectivity index (χ0n) is 13.7. The molecule has 2 aromatic heterocycles. The van der Waals surface area contributed by atoms with E-state index in [1.54, 1.807) is 12.1 Å². The largest absolute Gasteiger partial charge is 0.482 e. The fourth-order valence-electron chi connectivity index (χ4n) is 2.15. The van der Waals surface area contributed by atoms with Crippen LogP contribution in [-0.2, 0) is 9.84 Å². The Morgan fingerprint density at radius 3 is 2.67 bits per heavy atom. The van der Waals surface area contributed by atoms with Gasteiger partial charge in [-0.15, -0.1) is 5.10 Å². The number of sulfone groups is 1. The Morgan fingerprint density at radius 2 is 2.00 bits per heavy atom. The van der Waals surface area contributed by atoms with Crippen molar-refractivity contribution in [2.24, 2.45) is 0 Å². The Labute approximate surface area is 156 Å². The fourth-order valence-corrected chi connectivity index (χ4v) is 2.94. The van der Waals surface area contributed by atoms with E-state index in [2.05, 4.69) is 15.4 Å². The Bertz CT molecular complexity index is 1100. The van der Waals surface area contributed by atoms with Crippen LogP contribution >= 0.6 is 11.6 Å². The highest BCUT2D eigenvalue weighted by Crippen LogP contribution is 2.31. The number of hydrogen-bond donors (Lipinski definition) is 1. The Kier molecular flexibility index (Phi) is 4.91. The van der Waals surface area contributed by atoms with Gasteiger partial charge >= 0.3 is 6.18 Å². The van der Waals surface area contributed by atoms with Gasteiger partial charge in [0.25, 0.3) is 0 Å². The number of anilines is 2. The minimum atomic E-state index is -4.59. The number of rotatable bonds is 5. The molecule has 0 aliphatic carbocycles. The standard InChI is InChI=1S/C15H12ClF3N4O3S/c1-27(24,25)10-3-4-11(12(6-10)26-8-15(17,18)19)20-14-21-13-5-2-9(16)7-23(13)22-14/h2-7H,8H2,1H3,(H,20,22). The van der Waals surface area contributed by atoms with Gasteiger partial charge in [0, 0.05) is 18.5 Å². The first-order chi connectivity index (χ1) is 12.5. The normalized spacial score (nSPS) is 12.3. The summed E-state index contributed by atoms with van der Waals surface area (Å²) in [6, 6.07) is 6.74. The first kappa shape index (κ1) is 19.2. The maximum atomic E-state index is 12.5. The summed E-state index contributed by atoms with van der Waals surface area (Å²) in [6.45, 7) is -1.58. The van der Waals surface area contributed by atoms with E-state index in [1.165, 1.54) is 22.8 Å². The first-order valence-electron chi connectivity index (χ1n) is 7.34. The van der Waals surface area contributed by atoms with Crippen LogP contribution in [0.5, 0.6) is 5.75 Å². The molecule has 3 aromatic rings. The maximum absolute atomic E-state index is 12.5. The van der Waals surface area contributed by atoms with Crippen LogP contribution in [0.1, 0.15) is 0 Å². The third-order valence-corrected chi connectivity index (χ3v) is 4.65. The second kappa shape index (κ2) is 6.89. The molecule has 0 radical (unpaired) electrons. The maximum Gasteiger partial charge on any atom is 0.422 e. The average molecular weight is 421 g/mol. The lowest BCUT2D eigenvalue weighted by Gasteiger charge is -2.14. The lowest BCUT2D eigenvalue weighted by Crippen LogP contribution is -2.19. The summed E-state index contributed by atoms with van der Waals surface area (Å²) in [4.78, 5) is 3.98. The highest BCUT2D eigenvalue weighted by molar-refractivity contribution is 7.90. The number of benzene rings is 1. The van der Waals surface area contributed by atoms with Crippen molar-refractivity contribution in [1.29, 1.82) is 0 Å². The molecule has 2 heterocycles. The number of alkyl halides is 3. The molecule has 0 aliphatic heterocycles. The number of halogens is 4. The molecule has 7 nitrogen and oxygen atoms in total. The van der Waals surface area contributed by atoms with E-state index in [-0.39, 0.29) is 22.3 Å². The van der Waals surface area contributed by atoms with Gasteiger partial charge < -0.3 is 10.1 Å². The predicted molar refractivity (Wildman–Crippen MR) is 92.4 cm³/mol. The van der Waals surface area contributed by atoms with Gasteiger partial charge in [-0.2, -0.15) is 18.2 Å². The highest BCUT2D eigenvalue weighted by atomic mass is 35.5. The number of pyridine rings is 1. The number of fused-ring (bicyclic) bond motifs is 1. The first-order valence-corrected chi connectivity index (χ1v) is 9.61. The van der Waals surface area contributed by atoms with Crippen LogP contribution in [0.3, 0.4) is 0 Å². The van der Waals surface area contributed by atoms with Crippen molar-refractivity contribution in [3.63, 3.8) is 0 Å². The Balaban J connectivity index is 1.96.